The highest BCUT2D eigenvalue weighted by molar-refractivity contribution is 5.91. The van der Waals surface area contributed by atoms with Gasteiger partial charge in [0.25, 0.3) is 0 Å². The van der Waals surface area contributed by atoms with Gasteiger partial charge in [-0.2, -0.15) is 0 Å². The molecule has 0 radical (unpaired) electrons. The van der Waals surface area contributed by atoms with Gasteiger partial charge >= 0.3 is 0 Å². The van der Waals surface area contributed by atoms with Crippen molar-refractivity contribution in [1.29, 1.82) is 0 Å². The van der Waals surface area contributed by atoms with Gasteiger partial charge in [-0.1, -0.05) is 6.07 Å². The van der Waals surface area contributed by atoms with Gasteiger partial charge in [0.15, 0.2) is 0 Å². The number of carbonyl (C=O) groups is 1. The number of rotatable bonds is 5. The molecule has 2 heterocycles. The predicted octanol–water partition coefficient (Wildman–Crippen LogP) is 2.01. The van der Waals surface area contributed by atoms with Crippen molar-refractivity contribution in [2.75, 3.05) is 7.11 Å². The number of hydrogen-bond acceptors (Lipinski definition) is 4. The van der Waals surface area contributed by atoms with Crippen molar-refractivity contribution >= 4 is 12.0 Å². The number of ether oxygens (including phenoxy) is 1. The van der Waals surface area contributed by atoms with Gasteiger partial charge in [-0.05, 0) is 24.3 Å². The summed E-state index contributed by atoms with van der Waals surface area (Å²) in [5.41, 5.74) is 0.824. The number of nitrogens with zero attached hydrogens (tertiary/aromatic N) is 1. The van der Waals surface area contributed by atoms with E-state index in [2.05, 4.69) is 10.3 Å². The summed E-state index contributed by atoms with van der Waals surface area (Å²) in [4.78, 5) is 15.7. The summed E-state index contributed by atoms with van der Waals surface area (Å²) in [6.45, 7) is 0.359. The average molecular weight is 258 g/mol. The molecule has 0 aliphatic heterocycles. The number of furan rings is 1. The Balaban J connectivity index is 1.90. The van der Waals surface area contributed by atoms with Crippen molar-refractivity contribution < 1.29 is 13.9 Å². The molecular formula is C14H14N2O3. The van der Waals surface area contributed by atoms with Gasteiger partial charge in [-0.15, -0.1) is 0 Å². The van der Waals surface area contributed by atoms with Crippen LogP contribution in [0.2, 0.25) is 0 Å². The lowest BCUT2D eigenvalue weighted by Crippen LogP contribution is -2.20. The summed E-state index contributed by atoms with van der Waals surface area (Å²) in [6.07, 6.45) is 6.22. The van der Waals surface area contributed by atoms with Crippen LogP contribution in [0.4, 0.5) is 0 Å². The zero-order valence-electron chi connectivity index (χ0n) is 10.5. The molecule has 2 rings (SSSR count). The molecule has 0 unspecified atom stereocenters. The third-order valence-corrected chi connectivity index (χ3v) is 2.44. The van der Waals surface area contributed by atoms with Crippen LogP contribution in [0.15, 0.2) is 47.2 Å². The van der Waals surface area contributed by atoms with Crippen LogP contribution in [0, 0.1) is 0 Å². The quantitative estimate of drug-likeness (QED) is 0.833. The highest BCUT2D eigenvalue weighted by Gasteiger charge is 2.04. The minimum atomic E-state index is -0.206. The lowest BCUT2D eigenvalue weighted by Gasteiger charge is -2.06. The van der Waals surface area contributed by atoms with Crippen LogP contribution in [0.5, 0.6) is 5.88 Å². The van der Waals surface area contributed by atoms with Crippen LogP contribution in [0.3, 0.4) is 0 Å². The van der Waals surface area contributed by atoms with Gasteiger partial charge in [-0.25, -0.2) is 4.98 Å². The molecule has 19 heavy (non-hydrogen) atoms. The number of aromatic nitrogens is 1. The fraction of sp³-hybridized carbons (Fsp3) is 0.143. The Kier molecular flexibility index (Phi) is 4.34. The molecule has 98 valence electrons. The zero-order chi connectivity index (χ0) is 13.5. The average Bonchev–Trinajstić information content (AvgIpc) is 2.96. The van der Waals surface area contributed by atoms with E-state index in [-0.39, 0.29) is 5.91 Å². The molecule has 5 heteroatoms. The maximum absolute atomic E-state index is 11.6. The van der Waals surface area contributed by atoms with Crippen molar-refractivity contribution in [2.45, 2.75) is 6.54 Å². The van der Waals surface area contributed by atoms with Crippen molar-refractivity contribution in [1.82, 2.24) is 10.3 Å². The van der Waals surface area contributed by atoms with Crippen molar-refractivity contribution in [2.24, 2.45) is 0 Å². The maximum atomic E-state index is 11.6. The Morgan fingerprint density at radius 1 is 1.47 bits per heavy atom. The molecule has 0 fully saturated rings. The second-order valence-corrected chi connectivity index (χ2v) is 3.74. The molecule has 0 spiro atoms. The van der Waals surface area contributed by atoms with E-state index in [0.29, 0.717) is 18.2 Å². The Hall–Kier alpha value is -2.56. The summed E-state index contributed by atoms with van der Waals surface area (Å²) in [6, 6.07) is 7.18. The molecule has 0 aliphatic rings. The number of methoxy groups -OCH3 is 1. The summed E-state index contributed by atoms with van der Waals surface area (Å²) < 4.78 is 10.2. The van der Waals surface area contributed by atoms with Gasteiger partial charge < -0.3 is 14.5 Å². The Labute approximate surface area is 110 Å². The van der Waals surface area contributed by atoms with Crippen molar-refractivity contribution in [3.8, 4) is 5.88 Å². The van der Waals surface area contributed by atoms with E-state index < -0.39 is 0 Å². The second kappa shape index (κ2) is 6.39. The van der Waals surface area contributed by atoms with E-state index in [4.69, 9.17) is 9.15 Å². The van der Waals surface area contributed by atoms with E-state index in [1.807, 2.05) is 6.07 Å². The zero-order valence-corrected chi connectivity index (χ0v) is 10.5. The molecule has 0 atom stereocenters. The fourth-order valence-corrected chi connectivity index (χ4v) is 1.53. The van der Waals surface area contributed by atoms with Crippen LogP contribution in [0.25, 0.3) is 6.08 Å². The number of pyridine rings is 1. The molecule has 0 aliphatic carbocycles. The number of nitrogens with one attached hydrogen (secondary N) is 1. The summed E-state index contributed by atoms with van der Waals surface area (Å²) in [5.74, 6) is 0.939. The first-order valence-electron chi connectivity index (χ1n) is 5.77. The van der Waals surface area contributed by atoms with Crippen LogP contribution in [-0.4, -0.2) is 18.0 Å². The smallest absolute Gasteiger partial charge is 0.244 e. The largest absolute Gasteiger partial charge is 0.481 e. The Morgan fingerprint density at radius 3 is 3.11 bits per heavy atom. The standard InChI is InChI=1S/C14H14N2O3/c1-18-14-11(4-2-8-15-14)10-16-13(17)7-6-12-5-3-9-19-12/h2-9H,10H2,1H3,(H,16,17)/b7-6+. The minimum Gasteiger partial charge on any atom is -0.481 e. The third kappa shape index (κ3) is 3.70. The van der Waals surface area contributed by atoms with Crippen LogP contribution >= 0.6 is 0 Å². The van der Waals surface area contributed by atoms with E-state index in [1.165, 1.54) is 6.08 Å². The Morgan fingerprint density at radius 2 is 2.37 bits per heavy atom. The lowest BCUT2D eigenvalue weighted by atomic mass is 10.2. The molecule has 0 saturated heterocycles. The monoisotopic (exact) mass is 258 g/mol. The summed E-state index contributed by atoms with van der Waals surface area (Å²) in [5, 5.41) is 2.75. The van der Waals surface area contributed by atoms with Crippen LogP contribution in [-0.2, 0) is 11.3 Å². The lowest BCUT2D eigenvalue weighted by molar-refractivity contribution is -0.116. The number of carbonyl (C=O) groups excluding carboxylic acids is 1. The summed E-state index contributed by atoms with van der Waals surface area (Å²) in [7, 11) is 1.55. The normalized spacial score (nSPS) is 10.6. The molecular weight excluding hydrogens is 244 g/mol. The number of amides is 1. The molecule has 1 amide bonds. The van der Waals surface area contributed by atoms with E-state index in [0.717, 1.165) is 5.56 Å². The number of hydrogen-bond donors (Lipinski definition) is 1. The Bertz CT molecular complexity index is 562. The third-order valence-electron chi connectivity index (χ3n) is 2.44. The van der Waals surface area contributed by atoms with Crippen LogP contribution < -0.4 is 10.1 Å². The van der Waals surface area contributed by atoms with E-state index in [9.17, 15) is 4.79 Å². The predicted molar refractivity (Wildman–Crippen MR) is 70.4 cm³/mol. The highest BCUT2D eigenvalue weighted by atomic mass is 16.5. The van der Waals surface area contributed by atoms with Gasteiger partial charge in [0, 0.05) is 24.4 Å². The summed E-state index contributed by atoms with van der Waals surface area (Å²) >= 11 is 0. The van der Waals surface area contributed by atoms with Gasteiger partial charge in [-0.3, -0.25) is 4.79 Å². The first-order chi connectivity index (χ1) is 9.29. The van der Waals surface area contributed by atoms with Crippen molar-refractivity contribution in [3.63, 3.8) is 0 Å². The highest BCUT2D eigenvalue weighted by Crippen LogP contribution is 2.12. The van der Waals surface area contributed by atoms with E-state index in [1.54, 1.807) is 43.8 Å². The molecule has 0 saturated carbocycles. The molecule has 2 aromatic rings. The second-order valence-electron chi connectivity index (χ2n) is 3.74. The molecule has 0 aromatic carbocycles. The molecule has 1 N–H and O–H groups in total. The first kappa shape index (κ1) is 12.9. The topological polar surface area (TPSA) is 64.4 Å². The molecule has 2 aromatic heterocycles. The SMILES string of the molecule is COc1ncccc1CNC(=O)/C=C/c1ccco1. The van der Waals surface area contributed by atoms with Crippen molar-refractivity contribution in [3.05, 3.63) is 54.1 Å². The van der Waals surface area contributed by atoms with Gasteiger partial charge in [0.2, 0.25) is 11.8 Å². The minimum absolute atomic E-state index is 0.206. The maximum Gasteiger partial charge on any atom is 0.244 e. The van der Waals surface area contributed by atoms with Crippen LogP contribution in [0.1, 0.15) is 11.3 Å². The van der Waals surface area contributed by atoms with E-state index >= 15 is 0 Å². The molecule has 0 bridgehead atoms. The van der Waals surface area contributed by atoms with Gasteiger partial charge in [0.1, 0.15) is 5.76 Å². The van der Waals surface area contributed by atoms with Gasteiger partial charge in [0.05, 0.1) is 13.4 Å². The molecule has 5 nitrogen and oxygen atoms in total. The first-order valence-corrected chi connectivity index (χ1v) is 5.77. The fourth-order valence-electron chi connectivity index (χ4n) is 1.53.